The van der Waals surface area contributed by atoms with Crippen LogP contribution < -0.4 is 5.73 Å². The van der Waals surface area contributed by atoms with E-state index in [4.69, 9.17) is 15.2 Å². The molecule has 2 fully saturated rings. The summed E-state index contributed by atoms with van der Waals surface area (Å²) in [5, 5.41) is 20.1. The molecule has 2 saturated carbocycles. The molecule has 0 aromatic heterocycles. The monoisotopic (exact) mass is 427 g/mol. The molecule has 174 valence electrons. The first-order valence-electron chi connectivity index (χ1n) is 11.5. The van der Waals surface area contributed by atoms with Crippen molar-refractivity contribution < 1.29 is 29.3 Å². The van der Waals surface area contributed by atoms with Crippen LogP contribution in [0.5, 0.6) is 0 Å². The van der Waals surface area contributed by atoms with Gasteiger partial charge in [-0.3, -0.25) is 9.59 Å². The second-order valence-electron chi connectivity index (χ2n) is 9.26. The lowest BCUT2D eigenvalue weighted by molar-refractivity contribution is -0.127. The first-order valence-corrected chi connectivity index (χ1v) is 11.5. The van der Waals surface area contributed by atoms with E-state index >= 15 is 0 Å². The highest BCUT2D eigenvalue weighted by Gasteiger charge is 2.36. The van der Waals surface area contributed by atoms with Gasteiger partial charge in [0.05, 0.1) is 30.8 Å². The Kier molecular flexibility index (Phi) is 10.9. The predicted molar refractivity (Wildman–Crippen MR) is 114 cm³/mol. The zero-order valence-electron chi connectivity index (χ0n) is 18.6. The van der Waals surface area contributed by atoms with Crippen LogP contribution in [0.4, 0.5) is 0 Å². The summed E-state index contributed by atoms with van der Waals surface area (Å²) < 4.78 is 10.7. The first-order chi connectivity index (χ1) is 14.4. The van der Waals surface area contributed by atoms with Crippen molar-refractivity contribution >= 4 is 11.6 Å². The largest absolute Gasteiger partial charge is 0.390 e. The van der Waals surface area contributed by atoms with Gasteiger partial charge in [-0.2, -0.15) is 0 Å². The van der Waals surface area contributed by atoms with Gasteiger partial charge >= 0.3 is 0 Å². The summed E-state index contributed by atoms with van der Waals surface area (Å²) in [7, 11) is 3.22. The molecule has 7 unspecified atom stereocenters. The molecule has 0 bridgehead atoms. The molecule has 30 heavy (non-hydrogen) atoms. The smallest absolute Gasteiger partial charge is 0.140 e. The van der Waals surface area contributed by atoms with E-state index in [1.807, 2.05) is 0 Å². The Hall–Kier alpha value is -0.860. The van der Waals surface area contributed by atoms with Gasteiger partial charge in [0.25, 0.3) is 0 Å². The predicted octanol–water partition coefficient (Wildman–Crippen LogP) is 2.00. The van der Waals surface area contributed by atoms with E-state index in [-0.39, 0.29) is 30.2 Å². The molecule has 0 radical (unpaired) electrons. The van der Waals surface area contributed by atoms with Crippen molar-refractivity contribution in [1.82, 2.24) is 0 Å². The lowest BCUT2D eigenvalue weighted by atomic mass is 9.72. The van der Waals surface area contributed by atoms with Gasteiger partial charge in [-0.15, -0.1) is 0 Å². The Morgan fingerprint density at radius 3 is 2.07 bits per heavy atom. The highest BCUT2D eigenvalue weighted by molar-refractivity contribution is 5.99. The average Bonchev–Trinajstić information content (AvgIpc) is 2.72. The molecule has 7 atom stereocenters. The van der Waals surface area contributed by atoms with Crippen LogP contribution in [0, 0.1) is 17.8 Å². The van der Waals surface area contributed by atoms with E-state index in [2.05, 4.69) is 0 Å². The normalized spacial score (nSPS) is 34.6. The standard InChI is InChI=1S/C23H41NO6/c1-29-22-11-15(4-8-20(22)27)3-6-18(25)14-19(26)7-5-16-13-23(30-2)21(28)12-17(16)9-10-24/h15-17,20-23,27-28H,3-14,24H2,1-2H3. The number of carbonyl (C=O) groups excluding carboxylic acids is 2. The number of aliphatic hydroxyl groups excluding tert-OH is 2. The number of hydrogen-bond donors (Lipinski definition) is 3. The number of rotatable bonds is 12. The molecule has 0 heterocycles. The summed E-state index contributed by atoms with van der Waals surface area (Å²) >= 11 is 0. The van der Waals surface area contributed by atoms with Crippen LogP contribution in [0.3, 0.4) is 0 Å². The van der Waals surface area contributed by atoms with E-state index in [1.165, 1.54) is 0 Å². The van der Waals surface area contributed by atoms with Crippen LogP contribution in [0.15, 0.2) is 0 Å². The second-order valence-corrected chi connectivity index (χ2v) is 9.26. The topological polar surface area (TPSA) is 119 Å². The lowest BCUT2D eigenvalue weighted by Crippen LogP contribution is -2.41. The summed E-state index contributed by atoms with van der Waals surface area (Å²) in [4.78, 5) is 24.7. The number of hydrogen-bond acceptors (Lipinski definition) is 7. The highest BCUT2D eigenvalue weighted by Crippen LogP contribution is 2.37. The molecule has 2 rings (SSSR count). The third kappa shape index (κ3) is 7.68. The minimum atomic E-state index is -0.473. The van der Waals surface area contributed by atoms with E-state index in [1.54, 1.807) is 14.2 Å². The molecule has 0 aliphatic heterocycles. The summed E-state index contributed by atoms with van der Waals surface area (Å²) in [5.74, 6) is 0.970. The van der Waals surface area contributed by atoms with E-state index in [9.17, 15) is 19.8 Å². The van der Waals surface area contributed by atoms with Crippen molar-refractivity contribution in [3.8, 4) is 0 Å². The van der Waals surface area contributed by atoms with Crippen LogP contribution in [-0.4, -0.2) is 67.0 Å². The van der Waals surface area contributed by atoms with Gasteiger partial charge in [0.15, 0.2) is 0 Å². The maximum atomic E-state index is 12.4. The molecule has 2 aliphatic carbocycles. The fourth-order valence-electron chi connectivity index (χ4n) is 5.30. The third-order valence-corrected chi connectivity index (χ3v) is 7.20. The average molecular weight is 428 g/mol. The molecular weight excluding hydrogens is 386 g/mol. The Morgan fingerprint density at radius 1 is 0.833 bits per heavy atom. The summed E-state index contributed by atoms with van der Waals surface area (Å²) in [5.41, 5.74) is 5.73. The Labute approximate surface area is 180 Å². The second kappa shape index (κ2) is 12.9. The molecule has 0 spiro atoms. The first kappa shape index (κ1) is 25.4. The van der Waals surface area contributed by atoms with Gasteiger partial charge in [-0.05, 0) is 75.7 Å². The third-order valence-electron chi connectivity index (χ3n) is 7.20. The molecule has 4 N–H and O–H groups in total. The van der Waals surface area contributed by atoms with Gasteiger partial charge in [-0.25, -0.2) is 0 Å². The molecule has 0 saturated heterocycles. The van der Waals surface area contributed by atoms with Crippen molar-refractivity contribution in [3.63, 3.8) is 0 Å². The zero-order chi connectivity index (χ0) is 22.1. The molecule has 2 aliphatic rings. The van der Waals surface area contributed by atoms with Crippen molar-refractivity contribution in [2.24, 2.45) is 23.5 Å². The van der Waals surface area contributed by atoms with Gasteiger partial charge in [0.1, 0.15) is 11.6 Å². The summed E-state index contributed by atoms with van der Waals surface area (Å²) in [6.45, 7) is 0.570. The van der Waals surface area contributed by atoms with Crippen LogP contribution in [-0.2, 0) is 19.1 Å². The maximum Gasteiger partial charge on any atom is 0.140 e. The minimum absolute atomic E-state index is 0.000390. The lowest BCUT2D eigenvalue weighted by Gasteiger charge is -2.38. The number of nitrogens with two attached hydrogens (primary N) is 1. The Bertz CT molecular complexity index is 542. The van der Waals surface area contributed by atoms with E-state index < -0.39 is 12.2 Å². The van der Waals surface area contributed by atoms with E-state index in [0.29, 0.717) is 50.0 Å². The number of aliphatic hydroxyl groups is 2. The number of carbonyl (C=O) groups is 2. The molecule has 0 aromatic rings. The van der Waals surface area contributed by atoms with Crippen LogP contribution in [0.25, 0.3) is 0 Å². The molecule has 7 heteroatoms. The van der Waals surface area contributed by atoms with Gasteiger partial charge in [-0.1, -0.05) is 0 Å². The van der Waals surface area contributed by atoms with Crippen molar-refractivity contribution in [1.29, 1.82) is 0 Å². The van der Waals surface area contributed by atoms with Crippen LogP contribution in [0.1, 0.15) is 70.6 Å². The Morgan fingerprint density at radius 2 is 1.43 bits per heavy atom. The number of ketones is 2. The fourth-order valence-corrected chi connectivity index (χ4v) is 5.30. The van der Waals surface area contributed by atoms with Crippen molar-refractivity contribution in [2.75, 3.05) is 20.8 Å². The SMILES string of the molecule is COC1CC(CCC(=O)CC(=O)CCC2CC(OC)C(O)CC2CCN)CCC1O. The van der Waals surface area contributed by atoms with Crippen molar-refractivity contribution in [2.45, 2.75) is 95.0 Å². The van der Waals surface area contributed by atoms with Crippen molar-refractivity contribution in [3.05, 3.63) is 0 Å². The zero-order valence-corrected chi connectivity index (χ0v) is 18.6. The number of ether oxygens (including phenoxy) is 2. The van der Waals surface area contributed by atoms with E-state index in [0.717, 1.165) is 38.5 Å². The van der Waals surface area contributed by atoms with Crippen LogP contribution >= 0.6 is 0 Å². The Balaban J connectivity index is 1.71. The van der Waals surface area contributed by atoms with Gasteiger partial charge < -0.3 is 25.4 Å². The quantitative estimate of drug-likeness (QED) is 0.408. The number of methoxy groups -OCH3 is 2. The summed E-state index contributed by atoms with van der Waals surface area (Å²) in [6, 6.07) is 0. The minimum Gasteiger partial charge on any atom is -0.390 e. The summed E-state index contributed by atoms with van der Waals surface area (Å²) in [6.07, 6.45) is 5.69. The maximum absolute atomic E-state index is 12.4. The van der Waals surface area contributed by atoms with Gasteiger partial charge in [0, 0.05) is 27.1 Å². The molecular formula is C23H41NO6. The number of Topliss-reactive ketones (excluding diaryl/α,β-unsaturated/α-hetero) is 2. The molecule has 0 aromatic carbocycles. The van der Waals surface area contributed by atoms with Crippen LogP contribution in [0.2, 0.25) is 0 Å². The van der Waals surface area contributed by atoms with Gasteiger partial charge in [0.2, 0.25) is 0 Å². The molecule has 7 nitrogen and oxygen atoms in total. The highest BCUT2D eigenvalue weighted by atomic mass is 16.5. The fraction of sp³-hybridized carbons (Fsp3) is 0.913. The molecule has 0 amide bonds.